The van der Waals surface area contributed by atoms with Gasteiger partial charge in [0.15, 0.2) is 0 Å². The predicted octanol–water partition coefficient (Wildman–Crippen LogP) is 8.10. The summed E-state index contributed by atoms with van der Waals surface area (Å²) in [5, 5.41) is 13.1. The van der Waals surface area contributed by atoms with Crippen molar-refractivity contribution < 1.29 is 4.74 Å². The summed E-state index contributed by atoms with van der Waals surface area (Å²) in [7, 11) is 1.78. The van der Waals surface area contributed by atoms with Crippen LogP contribution in [0.2, 0.25) is 0 Å². The van der Waals surface area contributed by atoms with E-state index in [0.29, 0.717) is 18.2 Å². The maximum absolute atomic E-state index is 9.50. The van der Waals surface area contributed by atoms with Crippen molar-refractivity contribution in [3.63, 3.8) is 0 Å². The fourth-order valence-electron chi connectivity index (χ4n) is 4.70. The molecular weight excluding hydrogens is 454 g/mol. The standard InChI is InChI=1S/C33H43N3O/c1-10-18-35-33(36-26(8)29-17-13-15-27(21-34)25(29)7)32-20-31(24(6)19-30(32)22(3)4)23(5)14-12-16-28(11-2)37-9/h10,13,15,17,19-20,26,28H,1,3,5,11-12,14,16,18H2,2,4,6-9H3,(H,35,36)/t26-,28-/m1/s1. The lowest BCUT2D eigenvalue weighted by molar-refractivity contribution is 0.0908. The SMILES string of the molecule is C=CC/N=C(/N[C@H](C)c1cccc(C#N)c1C)c1cc(C(=C)CCC[C@@H](CC)OC)c(C)cc1C(=C)C. The van der Waals surface area contributed by atoms with Crippen molar-refractivity contribution in [2.24, 2.45) is 4.99 Å². The number of allylic oxidation sites excluding steroid dienone is 2. The lowest BCUT2D eigenvalue weighted by Crippen LogP contribution is -2.29. The maximum Gasteiger partial charge on any atom is 0.129 e. The molecule has 0 fully saturated rings. The molecule has 0 bridgehead atoms. The second-order valence-corrected chi connectivity index (χ2v) is 9.73. The van der Waals surface area contributed by atoms with E-state index in [1.807, 2.05) is 26.0 Å². The van der Waals surface area contributed by atoms with E-state index in [4.69, 9.17) is 9.73 Å². The lowest BCUT2D eigenvalue weighted by Gasteiger charge is -2.23. The van der Waals surface area contributed by atoms with Crippen LogP contribution in [-0.2, 0) is 4.74 Å². The Labute approximate surface area is 224 Å². The zero-order valence-electron chi connectivity index (χ0n) is 23.6. The largest absolute Gasteiger partial charge is 0.381 e. The number of hydrogen-bond donors (Lipinski definition) is 1. The zero-order valence-corrected chi connectivity index (χ0v) is 23.6. The van der Waals surface area contributed by atoms with Crippen LogP contribution in [0.3, 0.4) is 0 Å². The van der Waals surface area contributed by atoms with E-state index in [1.54, 1.807) is 13.2 Å². The van der Waals surface area contributed by atoms with Gasteiger partial charge >= 0.3 is 0 Å². The number of ether oxygens (including phenoxy) is 1. The highest BCUT2D eigenvalue weighted by atomic mass is 16.5. The van der Waals surface area contributed by atoms with Crippen LogP contribution in [0, 0.1) is 25.2 Å². The molecule has 37 heavy (non-hydrogen) atoms. The molecule has 2 rings (SSSR count). The van der Waals surface area contributed by atoms with E-state index in [9.17, 15) is 5.26 Å². The summed E-state index contributed by atoms with van der Waals surface area (Å²) >= 11 is 0. The molecule has 0 saturated carbocycles. The minimum absolute atomic E-state index is 0.0530. The first-order valence-corrected chi connectivity index (χ1v) is 13.1. The molecule has 4 heteroatoms. The van der Waals surface area contributed by atoms with Crippen molar-refractivity contribution in [1.29, 1.82) is 5.26 Å². The van der Waals surface area contributed by atoms with Crippen LogP contribution in [-0.4, -0.2) is 25.6 Å². The minimum atomic E-state index is -0.0530. The number of benzene rings is 2. The Morgan fingerprint density at radius 2 is 1.92 bits per heavy atom. The fraction of sp³-hybridized carbons (Fsp3) is 0.394. The molecule has 0 aliphatic rings. The molecule has 0 saturated heterocycles. The van der Waals surface area contributed by atoms with E-state index in [-0.39, 0.29) is 6.04 Å². The molecular formula is C33H43N3O. The van der Waals surface area contributed by atoms with Gasteiger partial charge in [0.2, 0.25) is 0 Å². The van der Waals surface area contributed by atoms with Gasteiger partial charge in [-0.25, -0.2) is 0 Å². The predicted molar refractivity (Wildman–Crippen MR) is 159 cm³/mol. The van der Waals surface area contributed by atoms with Crippen molar-refractivity contribution in [2.45, 2.75) is 72.4 Å². The third kappa shape index (κ3) is 7.78. The Balaban J connectivity index is 2.48. The number of hydrogen-bond acceptors (Lipinski definition) is 3. The topological polar surface area (TPSA) is 57.4 Å². The quantitative estimate of drug-likeness (QED) is 0.173. The molecule has 0 heterocycles. The molecule has 0 aliphatic carbocycles. The van der Waals surface area contributed by atoms with Crippen molar-refractivity contribution in [2.75, 3.05) is 13.7 Å². The Morgan fingerprint density at radius 1 is 1.19 bits per heavy atom. The number of aryl methyl sites for hydroxylation is 1. The van der Waals surface area contributed by atoms with E-state index < -0.39 is 0 Å². The number of nitrogens with one attached hydrogen (secondary N) is 1. The zero-order chi connectivity index (χ0) is 27.5. The summed E-state index contributed by atoms with van der Waals surface area (Å²) < 4.78 is 5.55. The monoisotopic (exact) mass is 497 g/mol. The van der Waals surface area contributed by atoms with Crippen LogP contribution in [0.5, 0.6) is 0 Å². The van der Waals surface area contributed by atoms with Gasteiger partial charge < -0.3 is 10.1 Å². The Hall–Kier alpha value is -3.42. The van der Waals surface area contributed by atoms with E-state index >= 15 is 0 Å². The van der Waals surface area contributed by atoms with E-state index in [1.165, 1.54) is 5.56 Å². The molecule has 0 aliphatic heterocycles. The summed E-state index contributed by atoms with van der Waals surface area (Å²) in [6.45, 7) is 23.5. The maximum atomic E-state index is 9.50. The molecule has 0 radical (unpaired) electrons. The van der Waals surface area contributed by atoms with Crippen LogP contribution in [0.1, 0.15) is 91.4 Å². The Bertz CT molecular complexity index is 1190. The molecule has 2 aromatic rings. The van der Waals surface area contributed by atoms with Gasteiger partial charge in [0.25, 0.3) is 0 Å². The van der Waals surface area contributed by atoms with Crippen LogP contribution >= 0.6 is 0 Å². The van der Waals surface area contributed by atoms with Crippen molar-refractivity contribution >= 4 is 17.0 Å². The molecule has 4 nitrogen and oxygen atoms in total. The van der Waals surface area contributed by atoms with Crippen LogP contribution in [0.15, 0.2) is 61.1 Å². The first kappa shape index (κ1) is 29.8. The molecule has 0 unspecified atom stereocenters. The van der Waals surface area contributed by atoms with Gasteiger partial charge in [-0.3, -0.25) is 4.99 Å². The highest BCUT2D eigenvalue weighted by Gasteiger charge is 2.19. The van der Waals surface area contributed by atoms with Gasteiger partial charge in [-0.1, -0.05) is 49.9 Å². The molecule has 0 aromatic heterocycles. The van der Waals surface area contributed by atoms with Gasteiger partial charge in [0.1, 0.15) is 5.84 Å². The van der Waals surface area contributed by atoms with Gasteiger partial charge in [-0.15, -0.1) is 6.58 Å². The molecule has 1 N–H and O–H groups in total. The third-order valence-electron chi connectivity index (χ3n) is 6.95. The van der Waals surface area contributed by atoms with Gasteiger partial charge in [0.05, 0.1) is 30.3 Å². The van der Waals surface area contributed by atoms with Crippen molar-refractivity contribution in [3.8, 4) is 6.07 Å². The van der Waals surface area contributed by atoms with Crippen LogP contribution < -0.4 is 5.32 Å². The summed E-state index contributed by atoms with van der Waals surface area (Å²) in [4.78, 5) is 4.87. The van der Waals surface area contributed by atoms with Crippen LogP contribution in [0.25, 0.3) is 11.1 Å². The van der Waals surface area contributed by atoms with Gasteiger partial charge in [0, 0.05) is 12.7 Å². The molecule has 0 amide bonds. The number of methoxy groups -OCH3 is 1. The molecule has 196 valence electrons. The number of aliphatic imine (C=N–C) groups is 1. The summed E-state index contributed by atoms with van der Waals surface area (Å²) in [6.07, 6.45) is 6.07. The van der Waals surface area contributed by atoms with E-state index in [2.05, 4.69) is 70.1 Å². The van der Waals surface area contributed by atoms with Gasteiger partial charge in [-0.2, -0.15) is 5.26 Å². The highest BCUT2D eigenvalue weighted by Crippen LogP contribution is 2.30. The Morgan fingerprint density at radius 3 is 2.51 bits per heavy atom. The normalized spacial score (nSPS) is 12.9. The van der Waals surface area contributed by atoms with Gasteiger partial charge in [-0.05, 0) is 98.9 Å². The Kier molecular flexibility index (Phi) is 11.6. The van der Waals surface area contributed by atoms with Crippen molar-refractivity contribution in [1.82, 2.24) is 5.32 Å². The van der Waals surface area contributed by atoms with Crippen LogP contribution in [0.4, 0.5) is 0 Å². The number of amidine groups is 1. The molecule has 2 aromatic carbocycles. The average molecular weight is 498 g/mol. The first-order valence-electron chi connectivity index (χ1n) is 13.1. The van der Waals surface area contributed by atoms with E-state index in [0.717, 1.165) is 70.5 Å². The highest BCUT2D eigenvalue weighted by molar-refractivity contribution is 6.04. The minimum Gasteiger partial charge on any atom is -0.381 e. The average Bonchev–Trinajstić information content (AvgIpc) is 2.88. The molecule has 0 spiro atoms. The lowest BCUT2D eigenvalue weighted by atomic mass is 9.89. The smallest absolute Gasteiger partial charge is 0.129 e. The fourth-order valence-corrected chi connectivity index (χ4v) is 4.70. The second kappa shape index (κ2) is 14.4. The third-order valence-corrected chi connectivity index (χ3v) is 6.95. The number of nitrogens with zero attached hydrogens (tertiary/aromatic N) is 2. The summed E-state index contributed by atoms with van der Waals surface area (Å²) in [5.74, 6) is 0.784. The number of nitriles is 1. The van der Waals surface area contributed by atoms with Crippen molar-refractivity contribution in [3.05, 3.63) is 95.1 Å². The second-order valence-electron chi connectivity index (χ2n) is 9.73. The summed E-state index contributed by atoms with van der Waals surface area (Å²) in [6, 6.07) is 12.5. The first-order chi connectivity index (χ1) is 17.7. The number of rotatable bonds is 13. The summed E-state index contributed by atoms with van der Waals surface area (Å²) in [5.41, 5.74) is 9.22. The molecule has 2 atom stereocenters.